The lowest BCUT2D eigenvalue weighted by Gasteiger charge is -2.34. The average Bonchev–Trinajstić information content (AvgIpc) is 3.33. The van der Waals surface area contributed by atoms with Crippen LogP contribution in [0.4, 0.5) is 0 Å². The van der Waals surface area contributed by atoms with Crippen molar-refractivity contribution in [2.45, 2.75) is 62.8 Å². The first kappa shape index (κ1) is 20.6. The van der Waals surface area contributed by atoms with Crippen molar-refractivity contribution in [2.75, 3.05) is 20.2 Å². The van der Waals surface area contributed by atoms with Gasteiger partial charge in [0.1, 0.15) is 5.75 Å². The van der Waals surface area contributed by atoms with Gasteiger partial charge in [0.25, 0.3) is 5.91 Å². The number of carbonyl (C=O) groups is 2. The van der Waals surface area contributed by atoms with Gasteiger partial charge in [-0.05, 0) is 61.8 Å². The van der Waals surface area contributed by atoms with Gasteiger partial charge in [0.2, 0.25) is 5.91 Å². The summed E-state index contributed by atoms with van der Waals surface area (Å²) in [5, 5.41) is 5.43. The van der Waals surface area contributed by atoms with E-state index in [2.05, 4.69) is 22.8 Å². The zero-order valence-electron chi connectivity index (χ0n) is 18.1. The number of fused-ring (bicyclic) bond motifs is 1. The highest BCUT2D eigenvalue weighted by Gasteiger charge is 2.50. The molecule has 2 aromatic rings. The fourth-order valence-electron chi connectivity index (χ4n) is 5.70. The zero-order valence-corrected chi connectivity index (χ0v) is 18.9. The number of amides is 2. The summed E-state index contributed by atoms with van der Waals surface area (Å²) < 4.78 is 5.46. The minimum Gasteiger partial charge on any atom is -0.497 e. The van der Waals surface area contributed by atoms with Crippen molar-refractivity contribution in [1.82, 2.24) is 10.2 Å². The third-order valence-electron chi connectivity index (χ3n) is 7.28. The average molecular weight is 439 g/mol. The molecule has 1 aliphatic carbocycles. The van der Waals surface area contributed by atoms with Crippen LogP contribution in [-0.4, -0.2) is 42.5 Å². The Bertz CT molecular complexity index is 1000. The number of benzene rings is 1. The van der Waals surface area contributed by atoms with E-state index in [4.69, 9.17) is 4.74 Å². The van der Waals surface area contributed by atoms with Gasteiger partial charge in [-0.1, -0.05) is 18.6 Å². The second kappa shape index (κ2) is 8.30. The van der Waals surface area contributed by atoms with Gasteiger partial charge in [-0.3, -0.25) is 9.59 Å². The van der Waals surface area contributed by atoms with E-state index in [0.717, 1.165) is 55.4 Å². The molecule has 2 amide bonds. The second-order valence-corrected chi connectivity index (χ2v) is 10.1. The monoisotopic (exact) mass is 438 g/mol. The molecule has 2 fully saturated rings. The molecule has 0 unspecified atom stereocenters. The van der Waals surface area contributed by atoms with E-state index >= 15 is 0 Å². The maximum Gasteiger partial charge on any atom is 0.255 e. The lowest BCUT2D eigenvalue weighted by atomic mass is 9.79. The maximum absolute atomic E-state index is 13.7. The van der Waals surface area contributed by atoms with Gasteiger partial charge < -0.3 is 15.0 Å². The predicted molar refractivity (Wildman–Crippen MR) is 122 cm³/mol. The van der Waals surface area contributed by atoms with E-state index in [9.17, 15) is 9.59 Å². The topological polar surface area (TPSA) is 58.6 Å². The number of hydrogen-bond acceptors (Lipinski definition) is 4. The molecule has 0 saturated carbocycles. The molecule has 31 heavy (non-hydrogen) atoms. The Morgan fingerprint density at radius 3 is 2.90 bits per heavy atom. The molecule has 5 rings (SSSR count). The third-order valence-corrected chi connectivity index (χ3v) is 8.37. The van der Waals surface area contributed by atoms with Gasteiger partial charge in [0.05, 0.1) is 18.2 Å². The first-order valence-electron chi connectivity index (χ1n) is 11.4. The van der Waals surface area contributed by atoms with E-state index in [1.54, 1.807) is 18.4 Å². The summed E-state index contributed by atoms with van der Waals surface area (Å²) in [5.41, 5.74) is 2.88. The Morgan fingerprint density at radius 2 is 2.03 bits per heavy atom. The quantitative estimate of drug-likeness (QED) is 0.777. The van der Waals surface area contributed by atoms with Crippen molar-refractivity contribution in [1.29, 1.82) is 0 Å². The molecule has 2 aliphatic heterocycles. The van der Waals surface area contributed by atoms with E-state index in [-0.39, 0.29) is 17.7 Å². The number of carbonyl (C=O) groups excluding carboxylic acids is 2. The van der Waals surface area contributed by atoms with Crippen molar-refractivity contribution in [3.8, 4) is 5.75 Å². The number of hydrogen-bond donors (Lipinski definition) is 1. The molecule has 2 atom stereocenters. The minimum absolute atomic E-state index is 0.0584. The Kier molecular flexibility index (Phi) is 5.51. The molecule has 2 saturated heterocycles. The van der Waals surface area contributed by atoms with Crippen LogP contribution >= 0.6 is 11.3 Å². The van der Waals surface area contributed by atoms with Crippen LogP contribution in [0.5, 0.6) is 5.75 Å². The second-order valence-electron chi connectivity index (χ2n) is 9.18. The highest BCUT2D eigenvalue weighted by Crippen LogP contribution is 2.43. The summed E-state index contributed by atoms with van der Waals surface area (Å²) in [4.78, 5) is 29.6. The molecule has 3 aliphatic rings. The molecule has 6 heteroatoms. The lowest BCUT2D eigenvalue weighted by Crippen LogP contribution is -2.52. The van der Waals surface area contributed by atoms with Crippen LogP contribution < -0.4 is 10.1 Å². The number of nitrogens with zero attached hydrogens (tertiary/aromatic N) is 1. The molecule has 0 radical (unpaired) electrons. The molecule has 5 nitrogen and oxygen atoms in total. The minimum atomic E-state index is -0.411. The molecular formula is C25H30N2O3S. The third kappa shape index (κ3) is 3.75. The summed E-state index contributed by atoms with van der Waals surface area (Å²) in [6, 6.07) is 8.10. The Balaban J connectivity index is 1.50. The molecule has 1 aromatic carbocycles. The lowest BCUT2D eigenvalue weighted by molar-refractivity contribution is -0.122. The van der Waals surface area contributed by atoms with Gasteiger partial charge in [-0.2, -0.15) is 0 Å². The first-order valence-corrected chi connectivity index (χ1v) is 12.3. The van der Waals surface area contributed by atoms with E-state index in [1.165, 1.54) is 16.9 Å². The number of likely N-dealkylation sites (tertiary alicyclic amines) is 1. The van der Waals surface area contributed by atoms with E-state index < -0.39 is 5.54 Å². The van der Waals surface area contributed by atoms with Crippen molar-refractivity contribution >= 4 is 23.2 Å². The highest BCUT2D eigenvalue weighted by atomic mass is 32.1. The van der Waals surface area contributed by atoms with Crippen LogP contribution in [0.2, 0.25) is 0 Å². The fourth-order valence-corrected chi connectivity index (χ4v) is 6.82. The predicted octanol–water partition coefficient (Wildman–Crippen LogP) is 4.30. The SMILES string of the molecule is COc1cccc([C@@H]2CN(C(=O)c3csc4c3CCCC4)C[C@]23CCCCC(=O)N3)c1. The summed E-state index contributed by atoms with van der Waals surface area (Å²) in [5.74, 6) is 1.10. The van der Waals surface area contributed by atoms with Crippen molar-refractivity contribution < 1.29 is 14.3 Å². The van der Waals surface area contributed by atoms with Gasteiger partial charge in [0, 0.05) is 35.7 Å². The van der Waals surface area contributed by atoms with Crippen LogP contribution in [0.1, 0.15) is 70.8 Å². The Hall–Kier alpha value is -2.34. The Morgan fingerprint density at radius 1 is 1.19 bits per heavy atom. The fraction of sp³-hybridized carbons (Fsp3) is 0.520. The molecule has 1 aromatic heterocycles. The number of methoxy groups -OCH3 is 1. The molecule has 0 bridgehead atoms. The first-order chi connectivity index (χ1) is 15.1. The smallest absolute Gasteiger partial charge is 0.255 e. The molecule has 3 heterocycles. The summed E-state index contributed by atoms with van der Waals surface area (Å²) in [7, 11) is 1.67. The summed E-state index contributed by atoms with van der Waals surface area (Å²) >= 11 is 1.74. The van der Waals surface area contributed by atoms with Crippen molar-refractivity contribution in [3.63, 3.8) is 0 Å². The van der Waals surface area contributed by atoms with Crippen molar-refractivity contribution in [3.05, 3.63) is 51.2 Å². The summed E-state index contributed by atoms with van der Waals surface area (Å²) in [6.45, 7) is 1.20. The van der Waals surface area contributed by atoms with Gasteiger partial charge in [-0.25, -0.2) is 0 Å². The molecular weight excluding hydrogens is 408 g/mol. The summed E-state index contributed by atoms with van der Waals surface area (Å²) in [6.07, 6.45) is 7.85. The number of ether oxygens (including phenoxy) is 1. The van der Waals surface area contributed by atoms with Crippen LogP contribution in [-0.2, 0) is 17.6 Å². The number of aryl methyl sites for hydroxylation is 1. The molecule has 1 spiro atoms. The molecule has 164 valence electrons. The largest absolute Gasteiger partial charge is 0.497 e. The van der Waals surface area contributed by atoms with Crippen molar-refractivity contribution in [2.24, 2.45) is 0 Å². The standard InChI is InChI=1S/C25H30N2O3S/c1-30-18-8-6-7-17(13-18)21-14-27(16-25(21)12-5-4-11-23(28)26-25)24(29)20-15-31-22-10-3-2-9-19(20)22/h6-8,13,15,21H,2-5,9-12,14,16H2,1H3,(H,26,28)/t21-,25+/m0/s1. The number of thiophene rings is 1. The van der Waals surface area contributed by atoms with Gasteiger partial charge in [-0.15, -0.1) is 11.3 Å². The maximum atomic E-state index is 13.7. The van der Waals surface area contributed by atoms with Crippen LogP contribution in [0, 0.1) is 0 Å². The van der Waals surface area contributed by atoms with Gasteiger partial charge in [0.15, 0.2) is 0 Å². The Labute approximate surface area is 187 Å². The van der Waals surface area contributed by atoms with Crippen LogP contribution in [0.3, 0.4) is 0 Å². The molecule has 1 N–H and O–H groups in total. The van der Waals surface area contributed by atoms with Gasteiger partial charge >= 0.3 is 0 Å². The van der Waals surface area contributed by atoms with E-state index in [0.29, 0.717) is 19.5 Å². The normalized spacial score (nSPS) is 25.8. The van der Waals surface area contributed by atoms with Crippen LogP contribution in [0.25, 0.3) is 0 Å². The number of rotatable bonds is 3. The zero-order chi connectivity index (χ0) is 21.4. The van der Waals surface area contributed by atoms with Crippen LogP contribution in [0.15, 0.2) is 29.6 Å². The van der Waals surface area contributed by atoms with E-state index in [1.807, 2.05) is 17.0 Å². The highest BCUT2D eigenvalue weighted by molar-refractivity contribution is 7.10. The number of nitrogens with one attached hydrogen (secondary N) is 1.